The number of carbonyl (C=O) groups excluding carboxylic acids is 1. The van der Waals surface area contributed by atoms with Crippen molar-refractivity contribution in [2.45, 2.75) is 13.8 Å². The van der Waals surface area contributed by atoms with E-state index in [4.69, 9.17) is 4.74 Å². The molecule has 0 atom stereocenters. The Balaban J connectivity index is 1.94. The first-order valence-corrected chi connectivity index (χ1v) is 9.58. The van der Waals surface area contributed by atoms with Gasteiger partial charge in [-0.1, -0.05) is 52.9 Å². The number of methoxy groups -OCH3 is 1. The fourth-order valence-corrected chi connectivity index (χ4v) is 3.42. The van der Waals surface area contributed by atoms with Crippen molar-refractivity contribution in [3.05, 3.63) is 82.1 Å². The maximum atomic E-state index is 12.7. The number of ether oxygens (including phenoxy) is 1. The number of hydrogen-bond acceptors (Lipinski definition) is 3. The maximum Gasteiger partial charge on any atom is 0.274 e. The molecular formula is C23H21BrN2O2. The van der Waals surface area contributed by atoms with Crippen molar-refractivity contribution >= 4 is 33.6 Å². The van der Waals surface area contributed by atoms with Crippen LogP contribution < -0.4 is 10.1 Å². The van der Waals surface area contributed by atoms with E-state index in [0.29, 0.717) is 5.75 Å². The second-order valence-electron chi connectivity index (χ2n) is 6.36. The minimum atomic E-state index is -0.292. The summed E-state index contributed by atoms with van der Waals surface area (Å²) in [6.07, 6.45) is 3.22. The minimum Gasteiger partial charge on any atom is -0.496 e. The third-order valence-electron chi connectivity index (χ3n) is 4.71. The van der Waals surface area contributed by atoms with E-state index in [2.05, 4.69) is 51.9 Å². The summed E-state index contributed by atoms with van der Waals surface area (Å²) >= 11 is 3.59. The number of anilines is 1. The highest BCUT2D eigenvalue weighted by molar-refractivity contribution is 9.10. The summed E-state index contributed by atoms with van der Waals surface area (Å²) in [7, 11) is 1.55. The highest BCUT2D eigenvalue weighted by Crippen LogP contribution is 2.33. The zero-order valence-corrected chi connectivity index (χ0v) is 17.6. The molecule has 142 valence electrons. The van der Waals surface area contributed by atoms with Crippen LogP contribution in [0.1, 0.15) is 27.2 Å². The van der Waals surface area contributed by atoms with Crippen LogP contribution in [0.15, 0.2) is 59.7 Å². The molecule has 1 heterocycles. The molecular weight excluding hydrogens is 416 g/mol. The van der Waals surface area contributed by atoms with Gasteiger partial charge in [0.15, 0.2) is 0 Å². The molecule has 4 nitrogen and oxygen atoms in total. The summed E-state index contributed by atoms with van der Waals surface area (Å²) in [6, 6.07) is 13.6. The number of carbonyl (C=O) groups is 1. The van der Waals surface area contributed by atoms with Crippen LogP contribution in [0.4, 0.5) is 5.69 Å². The molecule has 2 aromatic carbocycles. The quantitative estimate of drug-likeness (QED) is 0.530. The van der Waals surface area contributed by atoms with Gasteiger partial charge in [0, 0.05) is 28.0 Å². The van der Waals surface area contributed by atoms with Crippen LogP contribution in [0, 0.1) is 13.8 Å². The molecule has 0 aliphatic heterocycles. The van der Waals surface area contributed by atoms with E-state index in [1.165, 1.54) is 0 Å². The summed E-state index contributed by atoms with van der Waals surface area (Å²) in [6.45, 7) is 7.79. The fraction of sp³-hybridized carbons (Fsp3) is 0.130. The largest absolute Gasteiger partial charge is 0.496 e. The molecule has 28 heavy (non-hydrogen) atoms. The first kappa shape index (κ1) is 19.8. The van der Waals surface area contributed by atoms with Gasteiger partial charge >= 0.3 is 0 Å². The number of benzene rings is 2. The van der Waals surface area contributed by atoms with Crippen LogP contribution in [0.2, 0.25) is 0 Å². The monoisotopic (exact) mass is 436 g/mol. The predicted octanol–water partition coefficient (Wildman–Crippen LogP) is 6.03. The van der Waals surface area contributed by atoms with Gasteiger partial charge in [-0.25, -0.2) is 0 Å². The summed E-state index contributed by atoms with van der Waals surface area (Å²) < 4.78 is 6.36. The highest BCUT2D eigenvalue weighted by atomic mass is 79.9. The van der Waals surface area contributed by atoms with E-state index in [9.17, 15) is 4.79 Å². The fourth-order valence-electron chi connectivity index (χ4n) is 3.05. The Morgan fingerprint density at radius 1 is 1.14 bits per heavy atom. The zero-order valence-electron chi connectivity index (χ0n) is 16.0. The van der Waals surface area contributed by atoms with Crippen molar-refractivity contribution in [2.24, 2.45) is 0 Å². The Hall–Kier alpha value is -2.92. The number of pyridine rings is 1. The highest BCUT2D eigenvalue weighted by Gasteiger charge is 2.15. The minimum absolute atomic E-state index is 0.283. The molecule has 1 N–H and O–H groups in total. The Bertz CT molecular complexity index is 1060. The number of aromatic nitrogens is 1. The van der Waals surface area contributed by atoms with Crippen molar-refractivity contribution in [1.29, 1.82) is 0 Å². The molecule has 3 rings (SSSR count). The van der Waals surface area contributed by atoms with Crippen molar-refractivity contribution in [1.82, 2.24) is 4.98 Å². The second-order valence-corrected chi connectivity index (χ2v) is 7.21. The van der Waals surface area contributed by atoms with Gasteiger partial charge in [-0.3, -0.25) is 9.78 Å². The molecule has 0 aliphatic carbocycles. The normalized spacial score (nSPS) is 10.4. The molecule has 5 heteroatoms. The van der Waals surface area contributed by atoms with Crippen LogP contribution in [0.25, 0.3) is 17.2 Å². The summed E-state index contributed by atoms with van der Waals surface area (Å²) in [5.74, 6) is 0.269. The number of nitrogens with zero attached hydrogens (tertiary/aromatic N) is 1. The van der Waals surface area contributed by atoms with Gasteiger partial charge in [0.25, 0.3) is 5.91 Å². The lowest BCUT2D eigenvalue weighted by Crippen LogP contribution is -2.15. The Morgan fingerprint density at radius 2 is 1.82 bits per heavy atom. The molecule has 3 aromatic rings. The van der Waals surface area contributed by atoms with Crippen LogP contribution in [-0.2, 0) is 0 Å². The van der Waals surface area contributed by atoms with Gasteiger partial charge in [-0.05, 0) is 48.2 Å². The third-order valence-corrected chi connectivity index (χ3v) is 5.57. The average molecular weight is 437 g/mol. The average Bonchev–Trinajstić information content (AvgIpc) is 2.71. The molecule has 1 amide bonds. The SMILES string of the molecule is C=Cc1cnc(C(=O)Nc2cccc(-c3cccc(Br)c3C)c2C)cc1OC. The van der Waals surface area contributed by atoms with Crippen LogP contribution in [0.3, 0.4) is 0 Å². The lowest BCUT2D eigenvalue weighted by molar-refractivity contribution is 0.102. The van der Waals surface area contributed by atoms with Crippen molar-refractivity contribution < 1.29 is 9.53 Å². The van der Waals surface area contributed by atoms with Gasteiger partial charge < -0.3 is 10.1 Å². The van der Waals surface area contributed by atoms with Crippen LogP contribution in [0.5, 0.6) is 5.75 Å². The number of nitrogens with one attached hydrogen (secondary N) is 1. The molecule has 0 fully saturated rings. The summed E-state index contributed by atoms with van der Waals surface area (Å²) in [5.41, 5.74) is 6.11. The third kappa shape index (κ3) is 3.85. The first-order chi connectivity index (χ1) is 13.5. The van der Waals surface area contributed by atoms with Crippen molar-refractivity contribution in [3.8, 4) is 16.9 Å². The van der Waals surface area contributed by atoms with Gasteiger partial charge in [0.1, 0.15) is 11.4 Å². The number of halogens is 1. The van der Waals surface area contributed by atoms with Gasteiger partial charge in [0.05, 0.1) is 7.11 Å². The van der Waals surface area contributed by atoms with Crippen LogP contribution >= 0.6 is 15.9 Å². The van der Waals surface area contributed by atoms with E-state index < -0.39 is 0 Å². The van der Waals surface area contributed by atoms with Crippen LogP contribution in [-0.4, -0.2) is 18.0 Å². The van der Waals surface area contributed by atoms with E-state index >= 15 is 0 Å². The summed E-state index contributed by atoms with van der Waals surface area (Å²) in [4.78, 5) is 17.0. The van der Waals surface area contributed by atoms with Gasteiger partial charge in [0.2, 0.25) is 0 Å². The standard InChI is InChI=1S/C23H21BrN2O2/c1-5-16-13-25-21(12-22(16)28-4)23(27)26-20-11-7-9-18(15(20)3)17-8-6-10-19(24)14(17)2/h5-13H,1H2,2-4H3,(H,26,27). The van der Waals surface area contributed by atoms with E-state index in [-0.39, 0.29) is 11.6 Å². The van der Waals surface area contributed by atoms with E-state index in [1.54, 1.807) is 25.4 Å². The predicted molar refractivity (Wildman–Crippen MR) is 118 cm³/mol. The lowest BCUT2D eigenvalue weighted by Gasteiger charge is -2.15. The Labute approximate surface area is 173 Å². The van der Waals surface area contributed by atoms with E-state index in [1.807, 2.05) is 31.2 Å². The molecule has 0 unspecified atom stereocenters. The van der Waals surface area contributed by atoms with Gasteiger partial charge in [-0.15, -0.1) is 0 Å². The zero-order chi connectivity index (χ0) is 20.3. The molecule has 0 spiro atoms. The molecule has 0 aliphatic rings. The van der Waals surface area contributed by atoms with Crippen molar-refractivity contribution in [3.63, 3.8) is 0 Å². The summed E-state index contributed by atoms with van der Waals surface area (Å²) in [5, 5.41) is 2.96. The maximum absolute atomic E-state index is 12.7. The molecule has 0 radical (unpaired) electrons. The topological polar surface area (TPSA) is 51.2 Å². The second kappa shape index (κ2) is 8.40. The number of hydrogen-bond donors (Lipinski definition) is 1. The number of amides is 1. The molecule has 0 saturated heterocycles. The van der Waals surface area contributed by atoms with Gasteiger partial charge in [-0.2, -0.15) is 0 Å². The lowest BCUT2D eigenvalue weighted by atomic mass is 9.95. The number of rotatable bonds is 5. The molecule has 0 saturated carbocycles. The molecule has 1 aromatic heterocycles. The Morgan fingerprint density at radius 3 is 2.50 bits per heavy atom. The van der Waals surface area contributed by atoms with E-state index in [0.717, 1.165) is 38.0 Å². The molecule has 0 bridgehead atoms. The first-order valence-electron chi connectivity index (χ1n) is 8.79. The smallest absolute Gasteiger partial charge is 0.274 e. The Kier molecular flexibility index (Phi) is 5.95. The van der Waals surface area contributed by atoms with Crippen molar-refractivity contribution in [2.75, 3.05) is 12.4 Å².